The molecule has 1 aromatic rings. The second-order valence-corrected chi connectivity index (χ2v) is 6.81. The number of carbonyl (C=O) groups excluding carboxylic acids is 3. The number of imide groups is 1. The number of nitrogens with zero attached hydrogens (tertiary/aromatic N) is 1. The van der Waals surface area contributed by atoms with Crippen molar-refractivity contribution in [2.75, 3.05) is 19.7 Å². The van der Waals surface area contributed by atoms with Gasteiger partial charge in [0.1, 0.15) is 4.88 Å². The molecule has 0 saturated carbocycles. The van der Waals surface area contributed by atoms with Crippen molar-refractivity contribution in [3.8, 4) is 0 Å². The molecule has 2 rings (SSSR count). The zero-order chi connectivity index (χ0) is 14.0. The highest BCUT2D eigenvalue weighted by Gasteiger charge is 2.27. The van der Waals surface area contributed by atoms with Crippen molar-refractivity contribution in [3.63, 3.8) is 0 Å². The molecule has 1 N–H and O–H groups in total. The molecule has 102 valence electrons. The van der Waals surface area contributed by atoms with E-state index in [9.17, 15) is 14.4 Å². The molecule has 0 aliphatic carbocycles. The largest absolute Gasteiger partial charge is 0.451 e. The average molecular weight is 412 g/mol. The van der Waals surface area contributed by atoms with E-state index < -0.39 is 24.5 Å². The van der Waals surface area contributed by atoms with Gasteiger partial charge < -0.3 is 10.1 Å². The number of ether oxygens (including phenoxy) is 1. The lowest BCUT2D eigenvalue weighted by Gasteiger charge is -2.11. The maximum atomic E-state index is 11.7. The van der Waals surface area contributed by atoms with Crippen LogP contribution in [0, 0.1) is 0 Å². The van der Waals surface area contributed by atoms with Crippen LogP contribution in [0.4, 0.5) is 4.79 Å². The van der Waals surface area contributed by atoms with Crippen molar-refractivity contribution in [2.24, 2.45) is 0 Å². The van der Waals surface area contributed by atoms with Gasteiger partial charge in [-0.25, -0.2) is 9.59 Å². The maximum absolute atomic E-state index is 11.7. The van der Waals surface area contributed by atoms with E-state index in [-0.39, 0.29) is 0 Å². The number of halogens is 2. The minimum absolute atomic E-state index is 0.297. The van der Waals surface area contributed by atoms with Gasteiger partial charge in [0.05, 0.1) is 3.79 Å². The number of amides is 3. The van der Waals surface area contributed by atoms with Crippen LogP contribution in [-0.2, 0) is 9.53 Å². The fraction of sp³-hybridized carbons (Fsp3) is 0.300. The van der Waals surface area contributed by atoms with Gasteiger partial charge in [0.2, 0.25) is 0 Å². The van der Waals surface area contributed by atoms with Gasteiger partial charge in [-0.15, -0.1) is 11.3 Å². The molecule has 3 amide bonds. The smallest absolute Gasteiger partial charge is 0.348 e. The van der Waals surface area contributed by atoms with Gasteiger partial charge in [-0.05, 0) is 37.9 Å². The summed E-state index contributed by atoms with van der Waals surface area (Å²) in [5.41, 5.74) is 0. The molecule has 0 bridgehead atoms. The van der Waals surface area contributed by atoms with Gasteiger partial charge in [0.15, 0.2) is 6.61 Å². The lowest BCUT2D eigenvalue weighted by atomic mass is 10.5. The SMILES string of the molecule is O=C(OCC(=O)N1CCNC1=O)c1cc(Br)c(Br)s1. The molecule has 1 aliphatic heterocycles. The Morgan fingerprint density at radius 1 is 1.47 bits per heavy atom. The number of esters is 1. The Morgan fingerprint density at radius 2 is 2.21 bits per heavy atom. The molecule has 0 radical (unpaired) electrons. The number of urea groups is 1. The van der Waals surface area contributed by atoms with Crippen molar-refractivity contribution in [2.45, 2.75) is 0 Å². The van der Waals surface area contributed by atoms with Gasteiger partial charge >= 0.3 is 12.0 Å². The normalized spacial score (nSPS) is 14.4. The third-order valence-corrected chi connectivity index (χ3v) is 5.57. The summed E-state index contributed by atoms with van der Waals surface area (Å²) in [6, 6.07) is 1.15. The van der Waals surface area contributed by atoms with E-state index in [0.717, 1.165) is 13.2 Å². The number of hydrogen-bond acceptors (Lipinski definition) is 5. The van der Waals surface area contributed by atoms with E-state index in [1.54, 1.807) is 6.07 Å². The fourth-order valence-electron chi connectivity index (χ4n) is 1.43. The Balaban J connectivity index is 1.90. The monoisotopic (exact) mass is 410 g/mol. The fourth-order valence-corrected chi connectivity index (χ4v) is 3.36. The first kappa shape index (κ1) is 14.5. The van der Waals surface area contributed by atoms with Gasteiger partial charge in [0, 0.05) is 17.6 Å². The molecule has 1 fully saturated rings. The molecule has 1 saturated heterocycles. The summed E-state index contributed by atoms with van der Waals surface area (Å²) in [5.74, 6) is -1.12. The van der Waals surface area contributed by atoms with Crippen molar-refractivity contribution in [1.29, 1.82) is 0 Å². The van der Waals surface area contributed by atoms with E-state index in [4.69, 9.17) is 4.74 Å². The van der Waals surface area contributed by atoms with Crippen LogP contribution in [0.3, 0.4) is 0 Å². The summed E-state index contributed by atoms with van der Waals surface area (Å²) in [6.07, 6.45) is 0. The maximum Gasteiger partial charge on any atom is 0.348 e. The molecule has 19 heavy (non-hydrogen) atoms. The summed E-state index contributed by atoms with van der Waals surface area (Å²) in [4.78, 5) is 35.9. The Hall–Kier alpha value is -0.930. The summed E-state index contributed by atoms with van der Waals surface area (Å²) in [6.45, 7) is 0.272. The minimum atomic E-state index is -0.593. The number of thiophene rings is 1. The predicted octanol–water partition coefficient (Wildman–Crippen LogP) is 1.98. The predicted molar refractivity (Wildman–Crippen MR) is 75.1 cm³/mol. The molecule has 6 nitrogen and oxygen atoms in total. The zero-order valence-corrected chi connectivity index (χ0v) is 13.4. The van der Waals surface area contributed by atoms with Crippen LogP contribution in [0.15, 0.2) is 14.3 Å². The van der Waals surface area contributed by atoms with Gasteiger partial charge in [-0.1, -0.05) is 0 Å². The summed E-state index contributed by atoms with van der Waals surface area (Å²) in [7, 11) is 0. The minimum Gasteiger partial charge on any atom is -0.451 e. The Labute approximate surface area is 129 Å². The van der Waals surface area contributed by atoms with E-state index in [0.29, 0.717) is 18.0 Å². The van der Waals surface area contributed by atoms with Crippen LogP contribution >= 0.6 is 43.2 Å². The highest BCUT2D eigenvalue weighted by molar-refractivity contribution is 9.13. The Bertz CT molecular complexity index is 526. The number of rotatable bonds is 3. The van der Waals surface area contributed by atoms with Crippen molar-refractivity contribution in [1.82, 2.24) is 10.2 Å². The standard InChI is InChI=1S/C10H8Br2N2O4S/c11-5-3-6(19-8(5)12)9(16)18-4-7(15)14-2-1-13-10(14)17/h3H,1-2,4H2,(H,13,17). The Kier molecular flexibility index (Phi) is 4.58. The van der Waals surface area contributed by atoms with Crippen molar-refractivity contribution >= 4 is 61.1 Å². The third-order valence-electron chi connectivity index (χ3n) is 2.33. The first-order valence-corrected chi connectivity index (χ1v) is 7.59. The summed E-state index contributed by atoms with van der Waals surface area (Å²) < 4.78 is 6.39. The second-order valence-electron chi connectivity index (χ2n) is 3.59. The first-order chi connectivity index (χ1) is 8.99. The first-order valence-electron chi connectivity index (χ1n) is 5.19. The molecular weight excluding hydrogens is 404 g/mol. The summed E-state index contributed by atoms with van der Waals surface area (Å²) >= 11 is 7.71. The van der Waals surface area contributed by atoms with Crippen LogP contribution in [-0.4, -0.2) is 42.5 Å². The van der Waals surface area contributed by atoms with Crippen molar-refractivity contribution < 1.29 is 19.1 Å². The topological polar surface area (TPSA) is 75.7 Å². The van der Waals surface area contributed by atoms with Crippen LogP contribution in [0.1, 0.15) is 9.67 Å². The molecule has 1 aromatic heterocycles. The van der Waals surface area contributed by atoms with E-state index in [1.807, 2.05) is 0 Å². The molecule has 0 unspecified atom stereocenters. The lowest BCUT2D eigenvalue weighted by molar-refractivity contribution is -0.130. The third kappa shape index (κ3) is 3.34. The van der Waals surface area contributed by atoms with Crippen LogP contribution in [0.25, 0.3) is 0 Å². The number of nitrogens with one attached hydrogen (secondary N) is 1. The summed E-state index contributed by atoms with van der Waals surface area (Å²) in [5, 5.41) is 2.50. The van der Waals surface area contributed by atoms with E-state index >= 15 is 0 Å². The van der Waals surface area contributed by atoms with Crippen molar-refractivity contribution in [3.05, 3.63) is 19.2 Å². The van der Waals surface area contributed by atoms with Crippen LogP contribution in [0.2, 0.25) is 0 Å². The molecule has 0 spiro atoms. The lowest BCUT2D eigenvalue weighted by Crippen LogP contribution is -2.37. The van der Waals surface area contributed by atoms with Crippen LogP contribution in [0.5, 0.6) is 0 Å². The van der Waals surface area contributed by atoms with E-state index in [2.05, 4.69) is 37.2 Å². The average Bonchev–Trinajstić information content (AvgIpc) is 2.93. The molecule has 2 heterocycles. The molecule has 1 aliphatic rings. The highest BCUT2D eigenvalue weighted by atomic mass is 79.9. The number of carbonyl (C=O) groups is 3. The quantitative estimate of drug-likeness (QED) is 0.771. The molecule has 0 atom stereocenters. The highest BCUT2D eigenvalue weighted by Crippen LogP contribution is 2.32. The molecular formula is C10H8Br2N2O4S. The second kappa shape index (κ2) is 6.02. The van der Waals surface area contributed by atoms with Gasteiger partial charge in [-0.3, -0.25) is 9.69 Å². The zero-order valence-electron chi connectivity index (χ0n) is 9.44. The van der Waals surface area contributed by atoms with Crippen LogP contribution < -0.4 is 5.32 Å². The Morgan fingerprint density at radius 3 is 2.74 bits per heavy atom. The van der Waals surface area contributed by atoms with Gasteiger partial charge in [0.25, 0.3) is 5.91 Å². The molecule has 0 aromatic carbocycles. The number of hydrogen-bond donors (Lipinski definition) is 1. The molecule has 9 heteroatoms. The van der Waals surface area contributed by atoms with Gasteiger partial charge in [-0.2, -0.15) is 0 Å². The van der Waals surface area contributed by atoms with E-state index in [1.165, 1.54) is 11.3 Å².